The summed E-state index contributed by atoms with van der Waals surface area (Å²) in [7, 11) is 0. The minimum absolute atomic E-state index is 0.0410. The molecule has 5 nitrogen and oxygen atoms in total. The highest BCUT2D eigenvalue weighted by Crippen LogP contribution is 2.08. The topological polar surface area (TPSA) is 69.6 Å². The molecule has 1 fully saturated rings. The standard InChI is InChI=1S/C13H24N2O3/c1-11(10-13(17)18)9-12(16)14-5-8-15-6-3-2-4-7-15/h11H,2-10H2,1H3,(H,14,16)(H,17,18). The fourth-order valence-corrected chi connectivity index (χ4v) is 2.30. The highest BCUT2D eigenvalue weighted by atomic mass is 16.4. The van der Waals surface area contributed by atoms with E-state index in [0.717, 1.165) is 19.6 Å². The van der Waals surface area contributed by atoms with Gasteiger partial charge in [0.2, 0.25) is 5.91 Å². The molecular weight excluding hydrogens is 232 g/mol. The van der Waals surface area contributed by atoms with Crippen LogP contribution in [0.25, 0.3) is 0 Å². The predicted octanol–water partition coefficient (Wildman–Crippen LogP) is 1.09. The molecule has 2 N–H and O–H groups in total. The highest BCUT2D eigenvalue weighted by Gasteiger charge is 2.13. The van der Waals surface area contributed by atoms with Gasteiger partial charge in [0.25, 0.3) is 0 Å². The van der Waals surface area contributed by atoms with Crippen molar-refractivity contribution in [2.24, 2.45) is 5.92 Å². The van der Waals surface area contributed by atoms with E-state index in [1.807, 2.05) is 0 Å². The van der Waals surface area contributed by atoms with Crippen LogP contribution in [0.1, 0.15) is 39.0 Å². The molecule has 0 spiro atoms. The van der Waals surface area contributed by atoms with E-state index in [-0.39, 0.29) is 18.2 Å². The van der Waals surface area contributed by atoms with Crippen LogP contribution in [-0.4, -0.2) is 48.1 Å². The lowest BCUT2D eigenvalue weighted by molar-refractivity contribution is -0.138. The molecule has 1 aliphatic heterocycles. The molecule has 1 atom stereocenters. The Morgan fingerprint density at radius 1 is 1.22 bits per heavy atom. The first-order chi connectivity index (χ1) is 8.58. The molecule has 1 aliphatic rings. The van der Waals surface area contributed by atoms with E-state index in [1.54, 1.807) is 6.92 Å². The van der Waals surface area contributed by atoms with Gasteiger partial charge in [0.1, 0.15) is 0 Å². The number of hydrogen-bond acceptors (Lipinski definition) is 3. The third-order valence-electron chi connectivity index (χ3n) is 3.26. The molecule has 0 radical (unpaired) electrons. The van der Waals surface area contributed by atoms with Crippen molar-refractivity contribution in [2.45, 2.75) is 39.0 Å². The van der Waals surface area contributed by atoms with Crippen molar-refractivity contribution in [2.75, 3.05) is 26.2 Å². The maximum Gasteiger partial charge on any atom is 0.303 e. The lowest BCUT2D eigenvalue weighted by atomic mass is 10.0. The van der Waals surface area contributed by atoms with Crippen molar-refractivity contribution < 1.29 is 14.7 Å². The Balaban J connectivity index is 2.07. The van der Waals surface area contributed by atoms with E-state index < -0.39 is 5.97 Å². The van der Waals surface area contributed by atoms with Crippen molar-refractivity contribution in [1.29, 1.82) is 0 Å². The highest BCUT2D eigenvalue weighted by molar-refractivity contribution is 5.77. The van der Waals surface area contributed by atoms with Gasteiger partial charge in [-0.1, -0.05) is 13.3 Å². The first kappa shape index (κ1) is 15.0. The Bertz CT molecular complexity index is 275. The fourth-order valence-electron chi connectivity index (χ4n) is 2.30. The van der Waals surface area contributed by atoms with Crippen LogP contribution < -0.4 is 5.32 Å². The number of likely N-dealkylation sites (tertiary alicyclic amines) is 1. The summed E-state index contributed by atoms with van der Waals surface area (Å²) in [6.07, 6.45) is 4.18. The van der Waals surface area contributed by atoms with Crippen molar-refractivity contribution in [3.05, 3.63) is 0 Å². The van der Waals surface area contributed by atoms with Crippen LogP contribution in [0.3, 0.4) is 0 Å². The summed E-state index contributed by atoms with van der Waals surface area (Å²) in [5, 5.41) is 11.5. The average Bonchev–Trinajstić information content (AvgIpc) is 2.29. The van der Waals surface area contributed by atoms with E-state index in [0.29, 0.717) is 13.0 Å². The van der Waals surface area contributed by atoms with Gasteiger partial charge in [-0.05, 0) is 31.8 Å². The molecule has 1 amide bonds. The molecular formula is C13H24N2O3. The number of nitrogens with zero attached hydrogens (tertiary/aromatic N) is 1. The van der Waals surface area contributed by atoms with Gasteiger partial charge in [-0.25, -0.2) is 0 Å². The molecule has 0 aromatic heterocycles. The van der Waals surface area contributed by atoms with Crippen LogP contribution in [-0.2, 0) is 9.59 Å². The number of carboxylic acid groups (broad SMARTS) is 1. The van der Waals surface area contributed by atoms with E-state index >= 15 is 0 Å². The van der Waals surface area contributed by atoms with Crippen LogP contribution >= 0.6 is 0 Å². The minimum atomic E-state index is -0.844. The SMILES string of the molecule is CC(CC(=O)O)CC(=O)NCCN1CCCCC1. The van der Waals surface area contributed by atoms with E-state index in [4.69, 9.17) is 5.11 Å². The number of carbonyl (C=O) groups is 2. The van der Waals surface area contributed by atoms with Gasteiger partial charge in [-0.3, -0.25) is 9.59 Å². The average molecular weight is 256 g/mol. The normalized spacial score (nSPS) is 18.3. The summed E-state index contributed by atoms with van der Waals surface area (Å²) >= 11 is 0. The van der Waals surface area contributed by atoms with E-state index in [9.17, 15) is 9.59 Å². The monoisotopic (exact) mass is 256 g/mol. The number of rotatable bonds is 7. The first-order valence-corrected chi connectivity index (χ1v) is 6.79. The quantitative estimate of drug-likeness (QED) is 0.715. The third kappa shape index (κ3) is 6.59. The molecule has 0 bridgehead atoms. The maximum atomic E-state index is 11.6. The molecule has 1 saturated heterocycles. The largest absolute Gasteiger partial charge is 0.481 e. The number of carbonyl (C=O) groups excluding carboxylic acids is 1. The summed E-state index contributed by atoms with van der Waals surface area (Å²) in [5.41, 5.74) is 0. The Labute approximate surface area is 109 Å². The molecule has 1 heterocycles. The lowest BCUT2D eigenvalue weighted by Gasteiger charge is -2.26. The number of nitrogens with one attached hydrogen (secondary N) is 1. The molecule has 0 aromatic rings. The number of carboxylic acids is 1. The Morgan fingerprint density at radius 3 is 2.50 bits per heavy atom. The number of aliphatic carboxylic acids is 1. The number of hydrogen-bond donors (Lipinski definition) is 2. The zero-order valence-corrected chi connectivity index (χ0v) is 11.2. The summed E-state index contributed by atoms with van der Waals surface area (Å²) in [5.74, 6) is -0.984. The van der Waals surface area contributed by atoms with Crippen LogP contribution in [0, 0.1) is 5.92 Å². The van der Waals surface area contributed by atoms with E-state index in [1.165, 1.54) is 19.3 Å². The second kappa shape index (κ2) is 8.08. The van der Waals surface area contributed by atoms with Crippen molar-refractivity contribution in [3.63, 3.8) is 0 Å². The van der Waals surface area contributed by atoms with Crippen molar-refractivity contribution in [1.82, 2.24) is 10.2 Å². The fraction of sp³-hybridized carbons (Fsp3) is 0.846. The molecule has 0 aromatic carbocycles. The van der Waals surface area contributed by atoms with Gasteiger partial charge in [-0.15, -0.1) is 0 Å². The van der Waals surface area contributed by atoms with Crippen molar-refractivity contribution in [3.8, 4) is 0 Å². The van der Waals surface area contributed by atoms with Crippen LogP contribution in [0.15, 0.2) is 0 Å². The van der Waals surface area contributed by atoms with Crippen LogP contribution in [0.4, 0.5) is 0 Å². The predicted molar refractivity (Wildman–Crippen MR) is 69.3 cm³/mol. The molecule has 1 unspecified atom stereocenters. The van der Waals surface area contributed by atoms with Gasteiger partial charge in [0, 0.05) is 25.9 Å². The van der Waals surface area contributed by atoms with Crippen molar-refractivity contribution >= 4 is 11.9 Å². The smallest absolute Gasteiger partial charge is 0.303 e. The lowest BCUT2D eigenvalue weighted by Crippen LogP contribution is -2.38. The van der Waals surface area contributed by atoms with E-state index in [2.05, 4.69) is 10.2 Å². The Kier molecular flexibility index (Phi) is 6.72. The molecule has 5 heteroatoms. The Morgan fingerprint density at radius 2 is 1.89 bits per heavy atom. The molecule has 1 rings (SSSR count). The van der Waals surface area contributed by atoms with Gasteiger partial charge >= 0.3 is 5.97 Å². The zero-order valence-electron chi connectivity index (χ0n) is 11.2. The molecule has 104 valence electrons. The van der Waals surface area contributed by atoms with Gasteiger partial charge < -0.3 is 15.3 Å². The van der Waals surface area contributed by atoms with Gasteiger partial charge in [-0.2, -0.15) is 0 Å². The summed E-state index contributed by atoms with van der Waals surface area (Å²) < 4.78 is 0. The third-order valence-corrected chi connectivity index (χ3v) is 3.26. The van der Waals surface area contributed by atoms with Crippen LogP contribution in [0.2, 0.25) is 0 Å². The van der Waals surface area contributed by atoms with Gasteiger partial charge in [0.15, 0.2) is 0 Å². The summed E-state index contributed by atoms with van der Waals surface area (Å²) in [6, 6.07) is 0. The summed E-state index contributed by atoms with van der Waals surface area (Å²) in [6.45, 7) is 5.62. The molecule has 0 saturated carbocycles. The zero-order chi connectivity index (χ0) is 13.4. The number of piperidine rings is 1. The summed E-state index contributed by atoms with van der Waals surface area (Å²) in [4.78, 5) is 24.4. The second-order valence-electron chi connectivity index (χ2n) is 5.16. The maximum absolute atomic E-state index is 11.6. The van der Waals surface area contributed by atoms with Crippen LogP contribution in [0.5, 0.6) is 0 Å². The number of amides is 1. The van der Waals surface area contributed by atoms with Gasteiger partial charge in [0.05, 0.1) is 0 Å². The first-order valence-electron chi connectivity index (χ1n) is 6.79. The molecule has 0 aliphatic carbocycles. The molecule has 18 heavy (non-hydrogen) atoms. The second-order valence-corrected chi connectivity index (χ2v) is 5.16. The Hall–Kier alpha value is -1.10. The minimum Gasteiger partial charge on any atom is -0.481 e.